The Bertz CT molecular complexity index is 474. The fourth-order valence-electron chi connectivity index (χ4n) is 1.72. The fourth-order valence-corrected chi connectivity index (χ4v) is 2.10. The molecule has 5 heteroatoms. The third-order valence-corrected chi connectivity index (χ3v) is 3.60. The quantitative estimate of drug-likeness (QED) is 0.850. The maximum atomic E-state index is 12.1. The van der Waals surface area contributed by atoms with E-state index in [0.717, 1.165) is 10.0 Å². The van der Waals surface area contributed by atoms with Crippen LogP contribution in [-0.2, 0) is 4.79 Å². The molecular weight excluding hydrogens is 284 g/mol. The number of benzene rings is 1. The van der Waals surface area contributed by atoms with E-state index in [2.05, 4.69) is 21.2 Å². The first-order valence-electron chi connectivity index (χ1n) is 5.40. The van der Waals surface area contributed by atoms with Gasteiger partial charge in [-0.1, -0.05) is 22.0 Å². The number of nitrogens with one attached hydrogen (secondary N) is 1. The molecule has 1 N–H and O–H groups in total. The zero-order chi connectivity index (χ0) is 12.4. The number of piperazine rings is 1. The van der Waals surface area contributed by atoms with E-state index in [1.807, 2.05) is 13.0 Å². The molecule has 1 aliphatic heterocycles. The molecule has 0 spiro atoms. The molecule has 0 bridgehead atoms. The number of aryl methyl sites for hydroxylation is 1. The van der Waals surface area contributed by atoms with Crippen LogP contribution in [0.2, 0.25) is 0 Å². The highest BCUT2D eigenvalue weighted by atomic mass is 79.9. The van der Waals surface area contributed by atoms with Crippen molar-refractivity contribution < 1.29 is 9.59 Å². The minimum absolute atomic E-state index is 0.0967. The lowest BCUT2D eigenvalue weighted by molar-refractivity contribution is -0.123. The third-order valence-electron chi connectivity index (χ3n) is 2.74. The van der Waals surface area contributed by atoms with E-state index < -0.39 is 0 Å². The zero-order valence-electron chi connectivity index (χ0n) is 9.50. The predicted octanol–water partition coefficient (Wildman–Crippen LogP) is 1.33. The molecule has 17 heavy (non-hydrogen) atoms. The maximum absolute atomic E-state index is 12.1. The second kappa shape index (κ2) is 4.87. The zero-order valence-corrected chi connectivity index (χ0v) is 11.1. The highest BCUT2D eigenvalue weighted by Gasteiger charge is 2.22. The summed E-state index contributed by atoms with van der Waals surface area (Å²) in [5.41, 5.74) is 1.69. The van der Waals surface area contributed by atoms with Gasteiger partial charge in [-0.15, -0.1) is 0 Å². The van der Waals surface area contributed by atoms with Crippen LogP contribution in [0.15, 0.2) is 22.7 Å². The summed E-state index contributed by atoms with van der Waals surface area (Å²) in [5, 5.41) is 2.70. The summed E-state index contributed by atoms with van der Waals surface area (Å²) < 4.78 is 0.907. The van der Waals surface area contributed by atoms with Crippen LogP contribution < -0.4 is 5.32 Å². The molecule has 90 valence electrons. The molecule has 0 aliphatic carbocycles. The smallest absolute Gasteiger partial charge is 0.254 e. The molecule has 0 aromatic heterocycles. The largest absolute Gasteiger partial charge is 0.353 e. The van der Waals surface area contributed by atoms with Crippen molar-refractivity contribution in [3.05, 3.63) is 33.8 Å². The van der Waals surface area contributed by atoms with Crippen LogP contribution in [0.3, 0.4) is 0 Å². The molecule has 1 aliphatic rings. The Kier molecular flexibility index (Phi) is 3.47. The van der Waals surface area contributed by atoms with Crippen molar-refractivity contribution in [1.82, 2.24) is 10.2 Å². The van der Waals surface area contributed by atoms with Crippen LogP contribution in [0.5, 0.6) is 0 Å². The minimum Gasteiger partial charge on any atom is -0.353 e. The van der Waals surface area contributed by atoms with Crippen molar-refractivity contribution in [2.24, 2.45) is 0 Å². The van der Waals surface area contributed by atoms with Crippen molar-refractivity contribution in [1.29, 1.82) is 0 Å². The Morgan fingerprint density at radius 3 is 2.88 bits per heavy atom. The van der Waals surface area contributed by atoms with Crippen LogP contribution in [0.25, 0.3) is 0 Å². The highest BCUT2D eigenvalue weighted by molar-refractivity contribution is 9.10. The lowest BCUT2D eigenvalue weighted by atomic mass is 10.1. The lowest BCUT2D eigenvalue weighted by Gasteiger charge is -2.26. The average molecular weight is 297 g/mol. The Hall–Kier alpha value is -1.36. The van der Waals surface area contributed by atoms with Gasteiger partial charge in [-0.2, -0.15) is 0 Å². The topological polar surface area (TPSA) is 49.4 Å². The number of halogens is 1. The van der Waals surface area contributed by atoms with Crippen molar-refractivity contribution in [2.75, 3.05) is 19.6 Å². The molecule has 0 radical (unpaired) electrons. The van der Waals surface area contributed by atoms with Crippen molar-refractivity contribution >= 4 is 27.7 Å². The van der Waals surface area contributed by atoms with Gasteiger partial charge in [0.2, 0.25) is 5.91 Å². The molecule has 0 atom stereocenters. The highest BCUT2D eigenvalue weighted by Crippen LogP contribution is 2.18. The van der Waals surface area contributed by atoms with E-state index in [0.29, 0.717) is 18.7 Å². The van der Waals surface area contributed by atoms with Gasteiger partial charge in [-0.25, -0.2) is 0 Å². The number of hydrogen-bond donors (Lipinski definition) is 1. The molecule has 4 nitrogen and oxygen atoms in total. The van der Waals surface area contributed by atoms with Gasteiger partial charge in [-0.05, 0) is 24.6 Å². The number of hydrogen-bond acceptors (Lipinski definition) is 2. The minimum atomic E-state index is -0.101. The van der Waals surface area contributed by atoms with Gasteiger partial charge in [-0.3, -0.25) is 9.59 Å². The van der Waals surface area contributed by atoms with Gasteiger partial charge >= 0.3 is 0 Å². The number of nitrogens with zero attached hydrogens (tertiary/aromatic N) is 1. The standard InChI is InChI=1S/C12H13BrN2O2/c1-8-2-3-9(6-10(8)13)12(17)15-5-4-14-11(16)7-15/h2-3,6H,4-5,7H2,1H3,(H,14,16). The molecular formula is C12H13BrN2O2. The summed E-state index contributed by atoms with van der Waals surface area (Å²) >= 11 is 3.40. The fraction of sp³-hybridized carbons (Fsp3) is 0.333. The Morgan fingerprint density at radius 2 is 2.24 bits per heavy atom. The lowest BCUT2D eigenvalue weighted by Crippen LogP contribution is -2.49. The van der Waals surface area contributed by atoms with Crippen LogP contribution in [-0.4, -0.2) is 36.3 Å². The molecule has 1 aromatic carbocycles. The van der Waals surface area contributed by atoms with Gasteiger partial charge in [0.25, 0.3) is 5.91 Å². The second-order valence-electron chi connectivity index (χ2n) is 4.04. The number of carbonyl (C=O) groups is 2. The normalized spacial score (nSPS) is 15.6. The van der Waals surface area contributed by atoms with Crippen molar-refractivity contribution in [2.45, 2.75) is 6.92 Å². The summed E-state index contributed by atoms with van der Waals surface area (Å²) in [5.74, 6) is -0.198. The van der Waals surface area contributed by atoms with Crippen LogP contribution >= 0.6 is 15.9 Å². The van der Waals surface area contributed by atoms with E-state index in [1.165, 1.54) is 0 Å². The summed E-state index contributed by atoms with van der Waals surface area (Å²) in [4.78, 5) is 24.9. The van der Waals surface area contributed by atoms with Crippen molar-refractivity contribution in [3.63, 3.8) is 0 Å². The van der Waals surface area contributed by atoms with Crippen LogP contribution in [0, 0.1) is 6.92 Å². The van der Waals surface area contributed by atoms with E-state index in [9.17, 15) is 9.59 Å². The van der Waals surface area contributed by atoms with E-state index in [-0.39, 0.29) is 18.4 Å². The van der Waals surface area contributed by atoms with Gasteiger partial charge < -0.3 is 10.2 Å². The third kappa shape index (κ3) is 2.66. The summed E-state index contributed by atoms with van der Waals surface area (Å²) in [6.45, 7) is 3.20. The first-order valence-corrected chi connectivity index (χ1v) is 6.19. The van der Waals surface area contributed by atoms with Gasteiger partial charge in [0.1, 0.15) is 0 Å². The van der Waals surface area contributed by atoms with E-state index in [4.69, 9.17) is 0 Å². The van der Waals surface area contributed by atoms with Gasteiger partial charge in [0, 0.05) is 23.1 Å². The monoisotopic (exact) mass is 296 g/mol. The SMILES string of the molecule is Cc1ccc(C(=O)N2CCNC(=O)C2)cc1Br. The number of carbonyl (C=O) groups excluding carboxylic acids is 2. The summed E-state index contributed by atoms with van der Waals surface area (Å²) in [6, 6.07) is 5.47. The van der Waals surface area contributed by atoms with E-state index >= 15 is 0 Å². The van der Waals surface area contributed by atoms with E-state index in [1.54, 1.807) is 17.0 Å². The van der Waals surface area contributed by atoms with Crippen LogP contribution in [0.4, 0.5) is 0 Å². The Labute approximate surface area is 108 Å². The molecule has 1 aromatic rings. The Balaban J connectivity index is 2.18. The second-order valence-corrected chi connectivity index (χ2v) is 4.89. The predicted molar refractivity (Wildman–Crippen MR) is 67.8 cm³/mol. The molecule has 2 rings (SSSR count). The number of rotatable bonds is 1. The molecule has 1 fully saturated rings. The van der Waals surface area contributed by atoms with Crippen LogP contribution in [0.1, 0.15) is 15.9 Å². The molecule has 2 amide bonds. The molecule has 1 heterocycles. The average Bonchev–Trinajstić information content (AvgIpc) is 2.32. The van der Waals surface area contributed by atoms with Gasteiger partial charge in [0.15, 0.2) is 0 Å². The molecule has 1 saturated heterocycles. The number of amides is 2. The first-order chi connectivity index (χ1) is 8.08. The van der Waals surface area contributed by atoms with Gasteiger partial charge in [0.05, 0.1) is 6.54 Å². The molecule has 0 unspecified atom stereocenters. The maximum Gasteiger partial charge on any atom is 0.254 e. The summed E-state index contributed by atoms with van der Waals surface area (Å²) in [6.07, 6.45) is 0. The first kappa shape index (κ1) is 12.1. The molecule has 0 saturated carbocycles. The summed E-state index contributed by atoms with van der Waals surface area (Å²) in [7, 11) is 0. The Morgan fingerprint density at radius 1 is 1.47 bits per heavy atom. The van der Waals surface area contributed by atoms with Crippen molar-refractivity contribution in [3.8, 4) is 0 Å².